The molecule has 0 aliphatic heterocycles. The first-order valence-electron chi connectivity index (χ1n) is 3.94. The third-order valence-electron chi connectivity index (χ3n) is 1.72. The molecule has 0 amide bonds. The van der Waals surface area contributed by atoms with Gasteiger partial charge < -0.3 is 5.73 Å². The second-order valence-electron chi connectivity index (χ2n) is 2.59. The molecule has 0 atom stereocenters. The van der Waals surface area contributed by atoms with Crippen LogP contribution >= 0.6 is 43.2 Å². The Balaban J connectivity index is 3.18. The minimum Gasteiger partial charge on any atom is -0.397 e. The van der Waals surface area contributed by atoms with Gasteiger partial charge in [0.2, 0.25) is 0 Å². The van der Waals surface area contributed by atoms with E-state index in [-0.39, 0.29) is 0 Å². The van der Waals surface area contributed by atoms with Crippen LogP contribution in [-0.4, -0.2) is 0 Å². The van der Waals surface area contributed by atoms with Crippen molar-refractivity contribution in [2.75, 3.05) is 0 Å². The summed E-state index contributed by atoms with van der Waals surface area (Å²) in [4.78, 5) is 0.919. The quantitative estimate of drug-likeness (QED) is 0.834. The standard InChI is InChI=1S/C9H8Br2N2S/c1-2-5(4-12)8(13)7-3-6(10)9(11)14-7/h3H,2,13H2,1H3. The Kier molecular flexibility index (Phi) is 4.17. The number of hydrogen-bond acceptors (Lipinski definition) is 3. The van der Waals surface area contributed by atoms with Crippen molar-refractivity contribution in [3.8, 4) is 6.07 Å². The van der Waals surface area contributed by atoms with Crippen LogP contribution in [0.25, 0.3) is 5.70 Å². The highest BCUT2D eigenvalue weighted by Crippen LogP contribution is 2.35. The molecule has 0 bridgehead atoms. The molecule has 0 spiro atoms. The van der Waals surface area contributed by atoms with Crippen LogP contribution in [-0.2, 0) is 0 Å². The van der Waals surface area contributed by atoms with Crippen LogP contribution in [0.3, 0.4) is 0 Å². The highest BCUT2D eigenvalue weighted by molar-refractivity contribution is 9.13. The van der Waals surface area contributed by atoms with Gasteiger partial charge in [0.05, 0.1) is 26.0 Å². The number of allylic oxidation sites excluding steroid dienone is 1. The van der Waals surface area contributed by atoms with E-state index in [1.807, 2.05) is 13.0 Å². The second kappa shape index (κ2) is 4.96. The molecule has 0 aliphatic rings. The van der Waals surface area contributed by atoms with E-state index in [0.29, 0.717) is 17.7 Å². The number of thiophene rings is 1. The van der Waals surface area contributed by atoms with Crippen LogP contribution < -0.4 is 5.73 Å². The van der Waals surface area contributed by atoms with Crippen LogP contribution in [0, 0.1) is 11.3 Å². The van der Waals surface area contributed by atoms with E-state index < -0.39 is 0 Å². The number of nitrogens with zero attached hydrogens (tertiary/aromatic N) is 1. The molecule has 1 aromatic heterocycles. The van der Waals surface area contributed by atoms with Gasteiger partial charge in [-0.3, -0.25) is 0 Å². The summed E-state index contributed by atoms with van der Waals surface area (Å²) >= 11 is 8.29. The van der Waals surface area contributed by atoms with Crippen LogP contribution in [0.5, 0.6) is 0 Å². The zero-order chi connectivity index (χ0) is 10.7. The predicted molar refractivity (Wildman–Crippen MR) is 66.7 cm³/mol. The fourth-order valence-corrected chi connectivity index (χ4v) is 2.98. The van der Waals surface area contributed by atoms with Gasteiger partial charge in [-0.15, -0.1) is 11.3 Å². The van der Waals surface area contributed by atoms with Gasteiger partial charge >= 0.3 is 0 Å². The molecule has 1 aromatic rings. The first kappa shape index (κ1) is 11.8. The molecule has 0 saturated carbocycles. The molecule has 1 rings (SSSR count). The number of nitrogens with two attached hydrogens (primary N) is 1. The van der Waals surface area contributed by atoms with Crippen LogP contribution in [0.15, 0.2) is 19.9 Å². The molecule has 0 radical (unpaired) electrons. The zero-order valence-corrected chi connectivity index (χ0v) is 11.5. The van der Waals surface area contributed by atoms with Gasteiger partial charge in [-0.25, -0.2) is 0 Å². The van der Waals surface area contributed by atoms with Crippen molar-refractivity contribution >= 4 is 48.9 Å². The lowest BCUT2D eigenvalue weighted by Crippen LogP contribution is -1.97. The Labute approximate surface area is 104 Å². The summed E-state index contributed by atoms with van der Waals surface area (Å²) in [5.41, 5.74) is 7.07. The van der Waals surface area contributed by atoms with E-state index in [2.05, 4.69) is 37.9 Å². The molecule has 0 fully saturated rings. The topological polar surface area (TPSA) is 49.8 Å². The SMILES string of the molecule is CCC(C#N)=C(N)c1cc(Br)c(Br)s1. The zero-order valence-electron chi connectivity index (χ0n) is 7.47. The van der Waals surface area contributed by atoms with Gasteiger partial charge in [0, 0.05) is 4.47 Å². The van der Waals surface area contributed by atoms with Crippen LogP contribution in [0.4, 0.5) is 0 Å². The summed E-state index contributed by atoms with van der Waals surface area (Å²) in [6, 6.07) is 4.02. The van der Waals surface area contributed by atoms with Gasteiger partial charge in [0.15, 0.2) is 0 Å². The molecule has 0 aromatic carbocycles. The van der Waals surface area contributed by atoms with Crippen molar-refractivity contribution in [2.24, 2.45) is 5.73 Å². The summed E-state index contributed by atoms with van der Waals surface area (Å²) in [5, 5.41) is 8.83. The highest BCUT2D eigenvalue weighted by atomic mass is 79.9. The summed E-state index contributed by atoms with van der Waals surface area (Å²) in [6.07, 6.45) is 0.662. The lowest BCUT2D eigenvalue weighted by Gasteiger charge is -1.99. The van der Waals surface area contributed by atoms with E-state index in [9.17, 15) is 0 Å². The molecular weight excluding hydrogens is 328 g/mol. The Morgan fingerprint density at radius 2 is 2.29 bits per heavy atom. The van der Waals surface area contributed by atoms with Crippen LogP contribution in [0.1, 0.15) is 18.2 Å². The van der Waals surface area contributed by atoms with Crippen molar-refractivity contribution in [1.82, 2.24) is 0 Å². The van der Waals surface area contributed by atoms with Gasteiger partial charge in [-0.05, 0) is 44.3 Å². The van der Waals surface area contributed by atoms with E-state index >= 15 is 0 Å². The monoisotopic (exact) mass is 334 g/mol. The second-order valence-corrected chi connectivity index (χ2v) is 5.81. The first-order chi connectivity index (χ1) is 6.60. The maximum atomic E-state index is 8.83. The third-order valence-corrected chi connectivity index (χ3v) is 5.01. The maximum Gasteiger partial charge on any atom is 0.0969 e. The highest BCUT2D eigenvalue weighted by Gasteiger charge is 2.09. The van der Waals surface area contributed by atoms with Crippen molar-refractivity contribution in [3.05, 3.63) is 24.8 Å². The van der Waals surface area contributed by atoms with Crippen molar-refractivity contribution in [2.45, 2.75) is 13.3 Å². The Morgan fingerprint density at radius 1 is 1.64 bits per heavy atom. The van der Waals surface area contributed by atoms with Gasteiger partial charge in [0.25, 0.3) is 0 Å². The van der Waals surface area contributed by atoms with Gasteiger partial charge in [0.1, 0.15) is 0 Å². The molecule has 2 nitrogen and oxygen atoms in total. The van der Waals surface area contributed by atoms with E-state index in [1.165, 1.54) is 11.3 Å². The summed E-state index contributed by atoms with van der Waals surface area (Å²) < 4.78 is 1.96. The minimum atomic E-state index is 0.575. The van der Waals surface area contributed by atoms with E-state index in [0.717, 1.165) is 13.1 Å². The fraction of sp³-hybridized carbons (Fsp3) is 0.222. The number of halogens is 2. The third kappa shape index (κ3) is 2.38. The smallest absolute Gasteiger partial charge is 0.0969 e. The minimum absolute atomic E-state index is 0.575. The Morgan fingerprint density at radius 3 is 2.64 bits per heavy atom. The molecule has 2 N–H and O–H groups in total. The summed E-state index contributed by atoms with van der Waals surface area (Å²) in [7, 11) is 0. The van der Waals surface area contributed by atoms with E-state index in [1.54, 1.807) is 0 Å². The maximum absolute atomic E-state index is 8.83. The lowest BCUT2D eigenvalue weighted by atomic mass is 10.1. The predicted octanol–water partition coefficient (Wildman–Crippen LogP) is 3.88. The molecule has 0 unspecified atom stereocenters. The molecule has 74 valence electrons. The fourth-order valence-electron chi connectivity index (χ4n) is 0.958. The average molecular weight is 336 g/mol. The normalized spacial score (nSPS) is 12.1. The van der Waals surface area contributed by atoms with Crippen molar-refractivity contribution in [3.63, 3.8) is 0 Å². The largest absolute Gasteiger partial charge is 0.397 e. The molecule has 1 heterocycles. The molecule has 0 aliphatic carbocycles. The number of nitriles is 1. The van der Waals surface area contributed by atoms with Crippen LogP contribution in [0.2, 0.25) is 0 Å². The molecular formula is C9H8Br2N2S. The van der Waals surface area contributed by atoms with Crippen molar-refractivity contribution < 1.29 is 0 Å². The first-order valence-corrected chi connectivity index (χ1v) is 6.34. The number of rotatable bonds is 2. The van der Waals surface area contributed by atoms with Gasteiger partial charge in [-0.1, -0.05) is 6.92 Å². The molecule has 5 heteroatoms. The Hall–Kier alpha value is -0.310. The average Bonchev–Trinajstić information content (AvgIpc) is 2.49. The molecule has 0 saturated heterocycles. The summed E-state index contributed by atoms with van der Waals surface area (Å²) in [6.45, 7) is 1.92. The summed E-state index contributed by atoms with van der Waals surface area (Å²) in [5.74, 6) is 0. The Bertz CT molecular complexity index is 395. The van der Waals surface area contributed by atoms with Crippen molar-refractivity contribution in [1.29, 1.82) is 5.26 Å². The molecule has 14 heavy (non-hydrogen) atoms. The van der Waals surface area contributed by atoms with Gasteiger partial charge in [-0.2, -0.15) is 5.26 Å². The lowest BCUT2D eigenvalue weighted by molar-refractivity contribution is 1.15. The van der Waals surface area contributed by atoms with E-state index in [4.69, 9.17) is 11.0 Å². The number of hydrogen-bond donors (Lipinski definition) is 1.